The van der Waals surface area contributed by atoms with Crippen molar-refractivity contribution in [2.45, 2.75) is 31.7 Å². The van der Waals surface area contributed by atoms with Gasteiger partial charge >= 0.3 is 0 Å². The average Bonchev–Trinajstić information content (AvgIpc) is 3.37. The molecule has 0 spiro atoms. The van der Waals surface area contributed by atoms with Gasteiger partial charge in [-0.1, -0.05) is 51.4 Å². The van der Waals surface area contributed by atoms with E-state index in [1.165, 1.54) is 5.56 Å². The minimum Gasteiger partial charge on any atom is -0.337 e. The Kier molecular flexibility index (Phi) is 5.34. The Morgan fingerprint density at radius 1 is 1.15 bits per heavy atom. The van der Waals surface area contributed by atoms with Crippen LogP contribution in [0.2, 0.25) is 0 Å². The van der Waals surface area contributed by atoms with Gasteiger partial charge in [0.05, 0.1) is 0 Å². The predicted molar refractivity (Wildman–Crippen MR) is 106 cm³/mol. The van der Waals surface area contributed by atoms with Gasteiger partial charge in [-0.2, -0.15) is 4.98 Å². The Morgan fingerprint density at radius 3 is 2.70 bits per heavy atom. The Hall–Kier alpha value is -2.47. The highest BCUT2D eigenvalue weighted by Crippen LogP contribution is 2.32. The zero-order valence-electron chi connectivity index (χ0n) is 14.8. The lowest BCUT2D eigenvalue weighted by atomic mass is 10.1. The van der Waals surface area contributed by atoms with Crippen LogP contribution >= 0.6 is 15.9 Å². The van der Waals surface area contributed by atoms with Crippen molar-refractivity contribution in [3.63, 3.8) is 0 Å². The molecule has 4 rings (SSSR count). The summed E-state index contributed by atoms with van der Waals surface area (Å²) in [4.78, 5) is 19.2. The largest absolute Gasteiger partial charge is 0.337 e. The van der Waals surface area contributed by atoms with Crippen molar-refractivity contribution in [2.75, 3.05) is 6.54 Å². The van der Waals surface area contributed by atoms with Crippen LogP contribution in [0.15, 0.2) is 63.6 Å². The highest BCUT2D eigenvalue weighted by atomic mass is 79.9. The van der Waals surface area contributed by atoms with Crippen molar-refractivity contribution in [1.29, 1.82) is 0 Å². The molecule has 1 aliphatic heterocycles. The number of amides is 1. The van der Waals surface area contributed by atoms with Gasteiger partial charge < -0.3 is 9.42 Å². The lowest BCUT2D eigenvalue weighted by Crippen LogP contribution is -2.30. The summed E-state index contributed by atoms with van der Waals surface area (Å²) in [6.07, 6.45) is 3.06. The molecule has 2 aromatic carbocycles. The second-order valence-electron chi connectivity index (χ2n) is 6.69. The first-order valence-electron chi connectivity index (χ1n) is 9.13. The third-order valence-electron chi connectivity index (χ3n) is 4.87. The summed E-state index contributed by atoms with van der Waals surface area (Å²) < 4.78 is 6.51. The highest BCUT2D eigenvalue weighted by Gasteiger charge is 2.33. The maximum atomic E-state index is 12.7. The van der Waals surface area contributed by atoms with Crippen LogP contribution in [-0.4, -0.2) is 27.5 Å². The van der Waals surface area contributed by atoms with Gasteiger partial charge in [-0.3, -0.25) is 4.79 Å². The first-order chi connectivity index (χ1) is 13.2. The predicted octanol–water partition coefficient (Wildman–Crippen LogP) is 4.80. The number of hydrogen-bond donors (Lipinski definition) is 0. The van der Waals surface area contributed by atoms with Gasteiger partial charge in [0, 0.05) is 23.0 Å². The van der Waals surface area contributed by atoms with Gasteiger partial charge in [-0.15, -0.1) is 0 Å². The number of aryl methyl sites for hydroxylation is 1. The molecule has 27 heavy (non-hydrogen) atoms. The number of carbonyl (C=O) groups is 1. The summed E-state index contributed by atoms with van der Waals surface area (Å²) in [6, 6.07) is 17.7. The number of hydrogen-bond acceptors (Lipinski definition) is 4. The van der Waals surface area contributed by atoms with E-state index in [1.807, 2.05) is 47.4 Å². The van der Waals surface area contributed by atoms with E-state index in [2.05, 4.69) is 38.2 Å². The fourth-order valence-corrected chi connectivity index (χ4v) is 3.71. The summed E-state index contributed by atoms with van der Waals surface area (Å²) >= 11 is 3.42. The highest BCUT2D eigenvalue weighted by molar-refractivity contribution is 9.10. The van der Waals surface area contributed by atoms with E-state index in [9.17, 15) is 4.79 Å². The molecule has 0 bridgehead atoms. The molecule has 1 aromatic heterocycles. The van der Waals surface area contributed by atoms with E-state index < -0.39 is 0 Å². The number of nitrogens with zero attached hydrogens (tertiary/aromatic N) is 3. The minimum absolute atomic E-state index is 0.120. The monoisotopic (exact) mass is 425 g/mol. The van der Waals surface area contributed by atoms with E-state index in [0.29, 0.717) is 18.1 Å². The van der Waals surface area contributed by atoms with Crippen molar-refractivity contribution in [1.82, 2.24) is 15.0 Å². The Balaban J connectivity index is 1.45. The van der Waals surface area contributed by atoms with Crippen LogP contribution in [0, 0.1) is 0 Å². The Morgan fingerprint density at radius 2 is 1.93 bits per heavy atom. The topological polar surface area (TPSA) is 59.2 Å². The van der Waals surface area contributed by atoms with Crippen LogP contribution in [0.1, 0.15) is 36.8 Å². The second kappa shape index (κ2) is 8.05. The van der Waals surface area contributed by atoms with E-state index >= 15 is 0 Å². The lowest BCUT2D eigenvalue weighted by molar-refractivity contribution is -0.132. The van der Waals surface area contributed by atoms with Gasteiger partial charge in [-0.05, 0) is 49.1 Å². The summed E-state index contributed by atoms with van der Waals surface area (Å²) in [7, 11) is 0. The van der Waals surface area contributed by atoms with Gasteiger partial charge in [0.1, 0.15) is 6.04 Å². The van der Waals surface area contributed by atoms with Crippen LogP contribution in [0.4, 0.5) is 0 Å². The van der Waals surface area contributed by atoms with Crippen LogP contribution in [0.25, 0.3) is 11.4 Å². The van der Waals surface area contributed by atoms with Crippen molar-refractivity contribution >= 4 is 21.8 Å². The number of likely N-dealkylation sites (tertiary alicyclic amines) is 1. The first kappa shape index (κ1) is 17.9. The third kappa shape index (κ3) is 4.11. The van der Waals surface area contributed by atoms with Gasteiger partial charge in [0.15, 0.2) is 0 Å². The molecule has 138 valence electrons. The smallest absolute Gasteiger partial charge is 0.249 e. The molecule has 5 nitrogen and oxygen atoms in total. The fourth-order valence-electron chi connectivity index (χ4n) is 3.45. The SMILES string of the molecule is O=C(CCc1ccccc1)N1CCCC1c1nc(-c2ccc(Br)cc2)no1. The standard InChI is InChI=1S/C21H20BrN3O2/c22-17-11-9-16(10-12-17)20-23-21(27-24-20)18-7-4-14-25(18)19(26)13-8-15-5-2-1-3-6-15/h1-3,5-6,9-12,18H,4,7-8,13-14H2. The zero-order chi connectivity index (χ0) is 18.6. The summed E-state index contributed by atoms with van der Waals surface area (Å²) in [5.74, 6) is 1.23. The molecule has 0 radical (unpaired) electrons. The van der Waals surface area contributed by atoms with E-state index in [1.54, 1.807) is 0 Å². The molecule has 1 fully saturated rings. The van der Waals surface area contributed by atoms with Crippen molar-refractivity contribution in [3.8, 4) is 11.4 Å². The molecule has 1 unspecified atom stereocenters. The molecule has 3 aromatic rings. The number of benzene rings is 2. The molecule has 1 atom stereocenters. The Labute approximate surface area is 166 Å². The number of carbonyl (C=O) groups excluding carboxylic acids is 1. The van der Waals surface area contributed by atoms with Crippen molar-refractivity contribution in [3.05, 3.63) is 70.5 Å². The van der Waals surface area contributed by atoms with Crippen LogP contribution < -0.4 is 0 Å². The van der Waals surface area contributed by atoms with Gasteiger partial charge in [-0.25, -0.2) is 0 Å². The zero-order valence-corrected chi connectivity index (χ0v) is 16.4. The lowest BCUT2D eigenvalue weighted by Gasteiger charge is -2.21. The van der Waals surface area contributed by atoms with E-state index in [-0.39, 0.29) is 11.9 Å². The Bertz CT molecular complexity index is 909. The number of rotatable bonds is 5. The number of aromatic nitrogens is 2. The van der Waals surface area contributed by atoms with Crippen LogP contribution in [0.3, 0.4) is 0 Å². The summed E-state index contributed by atoms with van der Waals surface area (Å²) in [6.45, 7) is 0.744. The molecule has 0 aliphatic carbocycles. The van der Waals surface area contributed by atoms with E-state index in [4.69, 9.17) is 4.52 Å². The number of halogens is 1. The van der Waals surface area contributed by atoms with Crippen molar-refractivity contribution in [2.24, 2.45) is 0 Å². The van der Waals surface area contributed by atoms with E-state index in [0.717, 1.165) is 35.8 Å². The molecular formula is C21H20BrN3O2. The third-order valence-corrected chi connectivity index (χ3v) is 5.40. The van der Waals surface area contributed by atoms with Gasteiger partial charge in [0.2, 0.25) is 17.6 Å². The summed E-state index contributed by atoms with van der Waals surface area (Å²) in [5, 5.41) is 4.11. The normalized spacial score (nSPS) is 16.6. The van der Waals surface area contributed by atoms with Crippen LogP contribution in [-0.2, 0) is 11.2 Å². The molecular weight excluding hydrogens is 406 g/mol. The minimum atomic E-state index is -0.120. The average molecular weight is 426 g/mol. The molecule has 1 saturated heterocycles. The maximum Gasteiger partial charge on any atom is 0.249 e. The maximum absolute atomic E-state index is 12.7. The molecule has 2 heterocycles. The first-order valence-corrected chi connectivity index (χ1v) is 9.93. The second-order valence-corrected chi connectivity index (χ2v) is 7.61. The van der Waals surface area contributed by atoms with Gasteiger partial charge in [0.25, 0.3) is 0 Å². The molecule has 1 amide bonds. The molecule has 1 aliphatic rings. The summed E-state index contributed by atoms with van der Waals surface area (Å²) in [5.41, 5.74) is 2.07. The molecule has 0 saturated carbocycles. The van der Waals surface area contributed by atoms with Crippen molar-refractivity contribution < 1.29 is 9.32 Å². The molecule has 0 N–H and O–H groups in total. The molecule has 6 heteroatoms. The quantitative estimate of drug-likeness (QED) is 0.589. The van der Waals surface area contributed by atoms with Crippen LogP contribution in [0.5, 0.6) is 0 Å². The fraction of sp³-hybridized carbons (Fsp3) is 0.286.